The molecule has 27 heavy (non-hydrogen) atoms. The van der Waals surface area contributed by atoms with Crippen molar-refractivity contribution < 1.29 is 4.79 Å². The third-order valence-electron chi connectivity index (χ3n) is 5.08. The highest BCUT2D eigenvalue weighted by Gasteiger charge is 2.31. The van der Waals surface area contributed by atoms with Crippen molar-refractivity contribution in [2.24, 2.45) is 0 Å². The molecule has 5 heteroatoms. The first-order valence-corrected chi connectivity index (χ1v) is 9.31. The molecule has 4 rings (SSSR count). The van der Waals surface area contributed by atoms with Gasteiger partial charge in [-0.05, 0) is 49.7 Å². The van der Waals surface area contributed by atoms with Crippen molar-refractivity contribution in [1.82, 2.24) is 14.5 Å². The van der Waals surface area contributed by atoms with E-state index >= 15 is 0 Å². The maximum Gasteiger partial charge on any atom is 0.241 e. The van der Waals surface area contributed by atoms with Crippen molar-refractivity contribution in [3.8, 4) is 5.82 Å². The van der Waals surface area contributed by atoms with Gasteiger partial charge in [0.05, 0.1) is 6.54 Å². The van der Waals surface area contributed by atoms with Crippen LogP contribution in [-0.2, 0) is 11.3 Å². The molecule has 0 N–H and O–H groups in total. The van der Waals surface area contributed by atoms with E-state index in [1.54, 1.807) is 6.20 Å². The highest BCUT2D eigenvalue weighted by Crippen LogP contribution is 2.25. The van der Waals surface area contributed by atoms with Gasteiger partial charge in [-0.2, -0.15) is 0 Å². The number of hydrogen-bond acceptors (Lipinski definition) is 3. The molecule has 3 heterocycles. The summed E-state index contributed by atoms with van der Waals surface area (Å²) in [6.07, 6.45) is 3.82. The largest absolute Gasteiger partial charge is 0.307 e. The van der Waals surface area contributed by atoms with E-state index in [1.165, 1.54) is 0 Å². The lowest BCUT2D eigenvalue weighted by atomic mass is 10.1. The second kappa shape index (κ2) is 7.37. The van der Waals surface area contributed by atoms with Crippen LogP contribution in [0.3, 0.4) is 0 Å². The van der Waals surface area contributed by atoms with Crippen molar-refractivity contribution in [1.29, 1.82) is 0 Å². The molecule has 1 aromatic carbocycles. The molecule has 5 nitrogen and oxygen atoms in total. The molecule has 1 saturated heterocycles. The van der Waals surface area contributed by atoms with E-state index in [2.05, 4.69) is 40.4 Å². The number of piperazine rings is 1. The Morgan fingerprint density at radius 2 is 1.89 bits per heavy atom. The van der Waals surface area contributed by atoms with Crippen molar-refractivity contribution in [2.75, 3.05) is 18.0 Å². The number of benzene rings is 1. The molecule has 138 valence electrons. The van der Waals surface area contributed by atoms with Crippen LogP contribution in [0.15, 0.2) is 67.0 Å². The highest BCUT2D eigenvalue weighted by molar-refractivity contribution is 5.96. The normalized spacial score (nSPS) is 18.1. The quantitative estimate of drug-likeness (QED) is 0.716. The minimum Gasteiger partial charge on any atom is -0.307 e. The van der Waals surface area contributed by atoms with Gasteiger partial charge in [-0.1, -0.05) is 24.3 Å². The van der Waals surface area contributed by atoms with Crippen LogP contribution in [0.2, 0.25) is 0 Å². The molecule has 3 aromatic rings. The highest BCUT2D eigenvalue weighted by atomic mass is 16.2. The van der Waals surface area contributed by atoms with Gasteiger partial charge in [-0.3, -0.25) is 9.69 Å². The predicted octanol–water partition coefficient (Wildman–Crippen LogP) is 3.42. The third kappa shape index (κ3) is 3.51. The van der Waals surface area contributed by atoms with Crippen LogP contribution in [0.5, 0.6) is 0 Å². The smallest absolute Gasteiger partial charge is 0.241 e. The van der Waals surface area contributed by atoms with Gasteiger partial charge in [0.2, 0.25) is 5.91 Å². The van der Waals surface area contributed by atoms with E-state index < -0.39 is 0 Å². The summed E-state index contributed by atoms with van der Waals surface area (Å²) in [5, 5.41) is 0. The lowest BCUT2D eigenvalue weighted by molar-refractivity contribution is -0.122. The summed E-state index contributed by atoms with van der Waals surface area (Å²) in [5.74, 6) is 1.05. The number of rotatable bonds is 4. The second-order valence-electron chi connectivity index (χ2n) is 7.13. The zero-order valence-electron chi connectivity index (χ0n) is 15.7. The second-order valence-corrected chi connectivity index (χ2v) is 7.13. The summed E-state index contributed by atoms with van der Waals surface area (Å²) in [6, 6.07) is 18.2. The fourth-order valence-corrected chi connectivity index (χ4v) is 3.85. The van der Waals surface area contributed by atoms with Gasteiger partial charge in [-0.25, -0.2) is 4.98 Å². The van der Waals surface area contributed by atoms with E-state index in [9.17, 15) is 4.79 Å². The number of amides is 1. The number of nitrogens with zero attached hydrogens (tertiary/aromatic N) is 4. The Hall–Kier alpha value is -2.92. The standard InChI is InChI=1S/C22H24N4O/c1-17-8-3-4-10-20(17)26-18(2)14-24(16-22(26)27)15-19-9-7-13-25(19)21-11-5-6-12-23-21/h3-13,18H,14-16H2,1-2H3. The molecule has 1 unspecified atom stereocenters. The third-order valence-corrected chi connectivity index (χ3v) is 5.08. The first-order valence-electron chi connectivity index (χ1n) is 9.31. The van der Waals surface area contributed by atoms with Gasteiger partial charge in [0.15, 0.2) is 0 Å². The van der Waals surface area contributed by atoms with Crippen molar-refractivity contribution in [2.45, 2.75) is 26.4 Å². The number of para-hydroxylation sites is 1. The molecule has 0 aliphatic carbocycles. The molecule has 1 aliphatic heterocycles. The Morgan fingerprint density at radius 3 is 2.63 bits per heavy atom. The van der Waals surface area contributed by atoms with Crippen LogP contribution in [0, 0.1) is 6.92 Å². The lowest BCUT2D eigenvalue weighted by Crippen LogP contribution is -2.55. The Bertz CT molecular complexity index is 934. The van der Waals surface area contributed by atoms with Crippen LogP contribution < -0.4 is 4.90 Å². The fraction of sp³-hybridized carbons (Fsp3) is 0.273. The maximum absolute atomic E-state index is 12.9. The van der Waals surface area contributed by atoms with E-state index in [1.807, 2.05) is 53.6 Å². The topological polar surface area (TPSA) is 41.4 Å². The summed E-state index contributed by atoms with van der Waals surface area (Å²) in [4.78, 5) is 21.5. The summed E-state index contributed by atoms with van der Waals surface area (Å²) in [7, 11) is 0. The first-order chi connectivity index (χ1) is 13.1. The molecule has 2 aromatic heterocycles. The molecule has 0 bridgehead atoms. The van der Waals surface area contributed by atoms with Crippen LogP contribution in [0.4, 0.5) is 5.69 Å². The van der Waals surface area contributed by atoms with Crippen LogP contribution in [0.25, 0.3) is 5.82 Å². The zero-order valence-corrected chi connectivity index (χ0v) is 15.7. The number of aromatic nitrogens is 2. The van der Waals surface area contributed by atoms with Gasteiger partial charge >= 0.3 is 0 Å². The zero-order chi connectivity index (χ0) is 18.8. The van der Waals surface area contributed by atoms with Crippen molar-refractivity contribution in [3.63, 3.8) is 0 Å². The van der Waals surface area contributed by atoms with E-state index in [0.29, 0.717) is 6.54 Å². The van der Waals surface area contributed by atoms with E-state index in [4.69, 9.17) is 0 Å². The summed E-state index contributed by atoms with van der Waals surface area (Å²) < 4.78 is 2.09. The molecule has 1 fully saturated rings. The van der Waals surface area contributed by atoms with Gasteiger partial charge < -0.3 is 9.47 Å². The molecule has 0 saturated carbocycles. The Labute approximate surface area is 159 Å². The summed E-state index contributed by atoms with van der Waals surface area (Å²) >= 11 is 0. The van der Waals surface area contributed by atoms with Crippen molar-refractivity contribution >= 4 is 11.6 Å². The van der Waals surface area contributed by atoms with E-state index in [-0.39, 0.29) is 11.9 Å². The van der Waals surface area contributed by atoms with Crippen LogP contribution in [-0.4, -0.2) is 39.5 Å². The molecule has 1 atom stereocenters. The predicted molar refractivity (Wildman–Crippen MR) is 107 cm³/mol. The van der Waals surface area contributed by atoms with Gasteiger partial charge in [0.1, 0.15) is 5.82 Å². The molecular weight excluding hydrogens is 336 g/mol. The minimum atomic E-state index is 0.130. The molecular formula is C22H24N4O. The Morgan fingerprint density at radius 1 is 1.07 bits per heavy atom. The lowest BCUT2D eigenvalue weighted by Gasteiger charge is -2.40. The number of anilines is 1. The maximum atomic E-state index is 12.9. The average molecular weight is 360 g/mol. The minimum absolute atomic E-state index is 0.130. The SMILES string of the molecule is Cc1ccccc1N1C(=O)CN(Cc2cccn2-c2ccccn2)CC1C. The van der Waals surface area contributed by atoms with E-state index in [0.717, 1.165) is 35.9 Å². The number of hydrogen-bond donors (Lipinski definition) is 0. The number of aryl methyl sites for hydroxylation is 1. The number of carbonyl (C=O) groups excluding carboxylic acids is 1. The first kappa shape index (κ1) is 17.5. The van der Waals surface area contributed by atoms with Crippen molar-refractivity contribution in [3.05, 3.63) is 78.2 Å². The van der Waals surface area contributed by atoms with Gasteiger partial charge in [0.25, 0.3) is 0 Å². The average Bonchev–Trinajstić information content (AvgIpc) is 3.11. The summed E-state index contributed by atoms with van der Waals surface area (Å²) in [5.41, 5.74) is 3.29. The molecule has 0 radical (unpaired) electrons. The molecule has 1 aliphatic rings. The van der Waals surface area contributed by atoms with Crippen LogP contribution in [0.1, 0.15) is 18.2 Å². The molecule has 0 spiro atoms. The monoisotopic (exact) mass is 360 g/mol. The van der Waals surface area contributed by atoms with Gasteiger partial charge in [0, 0.05) is 42.9 Å². The van der Waals surface area contributed by atoms with Crippen LogP contribution >= 0.6 is 0 Å². The number of pyridine rings is 1. The Kier molecular flexibility index (Phi) is 4.77. The summed E-state index contributed by atoms with van der Waals surface area (Å²) in [6.45, 7) is 6.16. The van der Waals surface area contributed by atoms with Gasteiger partial charge in [-0.15, -0.1) is 0 Å². The number of carbonyl (C=O) groups is 1. The Balaban J connectivity index is 1.52. The fourth-order valence-electron chi connectivity index (χ4n) is 3.85. The molecule has 1 amide bonds.